The molecule has 1 fully saturated rings. The average Bonchev–Trinajstić information content (AvgIpc) is 3.00. The Morgan fingerprint density at radius 3 is 3.00 bits per heavy atom. The molecule has 1 heterocycles. The molecule has 1 aliphatic carbocycles. The first kappa shape index (κ1) is 9.02. The van der Waals surface area contributed by atoms with Crippen molar-refractivity contribution in [3.05, 3.63) is 42.4 Å². The quantitative estimate of drug-likeness (QED) is 0.770. The maximum absolute atomic E-state index is 3.32. The number of aromatic nitrogens is 1. The zero-order chi connectivity index (χ0) is 10.1. The van der Waals surface area contributed by atoms with Crippen molar-refractivity contribution in [2.24, 2.45) is 5.92 Å². The molecule has 3 rings (SSSR count). The normalized spacial score (nSPS) is 16.0. The molecule has 1 saturated carbocycles. The predicted molar refractivity (Wildman–Crippen MR) is 63.6 cm³/mol. The van der Waals surface area contributed by atoms with Gasteiger partial charge in [-0.2, -0.15) is 0 Å². The van der Waals surface area contributed by atoms with E-state index in [9.17, 15) is 0 Å². The zero-order valence-electron chi connectivity index (χ0n) is 8.87. The summed E-state index contributed by atoms with van der Waals surface area (Å²) in [5.41, 5.74) is 2.69. The Kier molecular flexibility index (Phi) is 2.24. The number of hydrogen-bond acceptors (Lipinski definition) is 0. The van der Waals surface area contributed by atoms with E-state index in [1.807, 2.05) is 0 Å². The maximum atomic E-state index is 3.32. The summed E-state index contributed by atoms with van der Waals surface area (Å²) in [7, 11) is 0. The summed E-state index contributed by atoms with van der Waals surface area (Å²) in [6.07, 6.45) is 9.90. The molecule has 1 aliphatic rings. The number of nitrogens with one attached hydrogen (secondary N) is 1. The summed E-state index contributed by atoms with van der Waals surface area (Å²) in [4.78, 5) is 3.32. The van der Waals surface area contributed by atoms with Gasteiger partial charge in [0.2, 0.25) is 0 Å². The molecule has 1 heteroatoms. The molecule has 0 amide bonds. The van der Waals surface area contributed by atoms with Crippen LogP contribution in [0.4, 0.5) is 0 Å². The summed E-state index contributed by atoms with van der Waals surface area (Å²) in [6.45, 7) is 0. The topological polar surface area (TPSA) is 15.8 Å². The summed E-state index contributed by atoms with van der Waals surface area (Å²) >= 11 is 0. The Labute approximate surface area is 90.5 Å². The van der Waals surface area contributed by atoms with E-state index in [0.29, 0.717) is 0 Å². The molecule has 1 radical (unpaired) electrons. The fourth-order valence-electron chi connectivity index (χ4n) is 2.13. The first-order valence-electron chi connectivity index (χ1n) is 5.80. The minimum absolute atomic E-state index is 1.01. The molecule has 0 atom stereocenters. The fraction of sp³-hybridized carbons (Fsp3) is 0.357. The van der Waals surface area contributed by atoms with Gasteiger partial charge >= 0.3 is 0 Å². The molecule has 0 saturated heterocycles. The van der Waals surface area contributed by atoms with Crippen LogP contribution in [0.15, 0.2) is 30.5 Å². The van der Waals surface area contributed by atoms with Crippen molar-refractivity contribution in [3.8, 4) is 0 Å². The largest absolute Gasteiger partial charge is 0.361 e. The molecule has 2 aromatic rings. The first-order valence-corrected chi connectivity index (χ1v) is 5.80. The Morgan fingerprint density at radius 2 is 2.13 bits per heavy atom. The molecular weight excluding hydrogens is 182 g/mol. The van der Waals surface area contributed by atoms with Gasteiger partial charge < -0.3 is 4.98 Å². The van der Waals surface area contributed by atoms with Gasteiger partial charge in [-0.25, -0.2) is 0 Å². The molecule has 0 spiro atoms. The smallest absolute Gasteiger partial charge is 0.0456 e. The minimum atomic E-state index is 1.01. The van der Waals surface area contributed by atoms with Crippen LogP contribution in [0.25, 0.3) is 10.9 Å². The molecular formula is C14H16N. The van der Waals surface area contributed by atoms with Crippen LogP contribution < -0.4 is 0 Å². The van der Waals surface area contributed by atoms with Crippen molar-refractivity contribution in [2.45, 2.75) is 25.7 Å². The molecule has 77 valence electrons. The molecule has 15 heavy (non-hydrogen) atoms. The third-order valence-electron chi connectivity index (χ3n) is 3.24. The van der Waals surface area contributed by atoms with E-state index in [-0.39, 0.29) is 0 Å². The average molecular weight is 198 g/mol. The number of fused-ring (bicyclic) bond motifs is 1. The lowest BCUT2D eigenvalue weighted by Gasteiger charge is -1.98. The second kappa shape index (κ2) is 3.73. The number of rotatable bonds is 4. The van der Waals surface area contributed by atoms with Crippen molar-refractivity contribution >= 4 is 10.9 Å². The highest BCUT2D eigenvalue weighted by Gasteiger charge is 2.20. The van der Waals surface area contributed by atoms with Gasteiger partial charge in [0.25, 0.3) is 0 Å². The van der Waals surface area contributed by atoms with Crippen LogP contribution in [0.1, 0.15) is 24.8 Å². The van der Waals surface area contributed by atoms with Crippen molar-refractivity contribution in [2.75, 3.05) is 0 Å². The highest BCUT2D eigenvalue weighted by atomic mass is 14.7. The van der Waals surface area contributed by atoms with Gasteiger partial charge in [-0.1, -0.05) is 31.0 Å². The summed E-state index contributed by atoms with van der Waals surface area (Å²) in [5, 5.41) is 1.38. The molecule has 1 aromatic carbocycles. The lowest BCUT2D eigenvalue weighted by Crippen LogP contribution is -1.86. The number of H-pyrrole nitrogens is 1. The highest BCUT2D eigenvalue weighted by molar-refractivity contribution is 5.83. The van der Waals surface area contributed by atoms with Crippen molar-refractivity contribution in [3.63, 3.8) is 0 Å². The standard InChI is InChI=1S/C14H16N/c1-2-7-14-13(6-1)12(10-15-14)5-3-4-11-8-9-11/h1-3,6-7,10-11,15H,4-5,8-9H2. The maximum Gasteiger partial charge on any atom is 0.0456 e. The fourth-order valence-corrected chi connectivity index (χ4v) is 2.13. The van der Waals surface area contributed by atoms with Gasteiger partial charge in [0, 0.05) is 17.1 Å². The number of para-hydroxylation sites is 1. The molecule has 1 N–H and O–H groups in total. The van der Waals surface area contributed by atoms with Crippen LogP contribution in [-0.2, 0) is 6.42 Å². The van der Waals surface area contributed by atoms with Crippen LogP contribution >= 0.6 is 0 Å². The van der Waals surface area contributed by atoms with E-state index >= 15 is 0 Å². The van der Waals surface area contributed by atoms with Gasteiger partial charge in [-0.15, -0.1) is 0 Å². The number of aromatic amines is 1. The lowest BCUT2D eigenvalue weighted by atomic mass is 10.1. The number of benzene rings is 1. The Morgan fingerprint density at radius 1 is 1.27 bits per heavy atom. The predicted octanol–water partition coefficient (Wildman–Crippen LogP) is 3.71. The molecule has 1 nitrogen and oxygen atoms in total. The van der Waals surface area contributed by atoms with Gasteiger partial charge in [0.15, 0.2) is 0 Å². The second-order valence-corrected chi connectivity index (χ2v) is 4.53. The zero-order valence-corrected chi connectivity index (χ0v) is 8.87. The van der Waals surface area contributed by atoms with Gasteiger partial charge in [0.1, 0.15) is 0 Å². The van der Waals surface area contributed by atoms with E-state index in [0.717, 1.165) is 12.3 Å². The lowest BCUT2D eigenvalue weighted by molar-refractivity contribution is 0.792. The van der Waals surface area contributed by atoms with Crippen LogP contribution in [0.5, 0.6) is 0 Å². The molecule has 0 bridgehead atoms. The van der Waals surface area contributed by atoms with Gasteiger partial charge in [-0.3, -0.25) is 0 Å². The third kappa shape index (κ3) is 1.92. The minimum Gasteiger partial charge on any atom is -0.361 e. The number of hydrogen-bond donors (Lipinski definition) is 1. The Hall–Kier alpha value is -1.24. The Bertz CT molecular complexity index is 451. The van der Waals surface area contributed by atoms with Crippen molar-refractivity contribution in [1.29, 1.82) is 0 Å². The van der Waals surface area contributed by atoms with Crippen LogP contribution in [0.2, 0.25) is 0 Å². The molecule has 0 aliphatic heterocycles. The van der Waals surface area contributed by atoms with Crippen LogP contribution in [0.3, 0.4) is 0 Å². The molecule has 0 unspecified atom stereocenters. The third-order valence-corrected chi connectivity index (χ3v) is 3.24. The highest BCUT2D eigenvalue weighted by Crippen LogP contribution is 2.33. The van der Waals surface area contributed by atoms with E-state index in [1.54, 1.807) is 0 Å². The van der Waals surface area contributed by atoms with Gasteiger partial charge in [-0.05, 0) is 36.8 Å². The van der Waals surface area contributed by atoms with Crippen LogP contribution in [-0.4, -0.2) is 4.98 Å². The molecule has 1 aromatic heterocycles. The summed E-state index contributed by atoms with van der Waals surface area (Å²) in [6, 6.07) is 8.53. The van der Waals surface area contributed by atoms with E-state index in [4.69, 9.17) is 0 Å². The van der Waals surface area contributed by atoms with Gasteiger partial charge in [0.05, 0.1) is 0 Å². The summed E-state index contributed by atoms with van der Waals surface area (Å²) in [5.74, 6) is 1.01. The van der Waals surface area contributed by atoms with E-state index < -0.39 is 0 Å². The van der Waals surface area contributed by atoms with E-state index in [1.165, 1.54) is 35.7 Å². The SMILES string of the molecule is [CH](Cc1c[nH]c2ccccc12)CC1CC1. The first-order chi connectivity index (χ1) is 7.43. The van der Waals surface area contributed by atoms with Crippen molar-refractivity contribution < 1.29 is 0 Å². The second-order valence-electron chi connectivity index (χ2n) is 4.53. The monoisotopic (exact) mass is 198 g/mol. The van der Waals surface area contributed by atoms with E-state index in [2.05, 4.69) is 41.9 Å². The summed E-state index contributed by atoms with van der Waals surface area (Å²) < 4.78 is 0. The Balaban J connectivity index is 1.72. The van der Waals surface area contributed by atoms with Crippen molar-refractivity contribution in [1.82, 2.24) is 4.98 Å². The van der Waals surface area contributed by atoms with Crippen LogP contribution in [0, 0.1) is 12.3 Å².